The van der Waals surface area contributed by atoms with Gasteiger partial charge in [-0.05, 0) is 4.08 Å². The normalized spacial score (nSPS) is 11.5. The van der Waals surface area contributed by atoms with Crippen molar-refractivity contribution in [3.63, 3.8) is 0 Å². The van der Waals surface area contributed by atoms with E-state index in [4.69, 9.17) is 0 Å². The fraction of sp³-hybridized carbons (Fsp3) is 0. The molecule has 0 bridgehead atoms. The van der Waals surface area contributed by atoms with Crippen LogP contribution in [0.5, 0.6) is 0 Å². The van der Waals surface area contributed by atoms with Gasteiger partial charge in [0, 0.05) is 0 Å². The molecule has 0 N–H and O–H groups in total. The average molecular weight is 207 g/mol. The molecule has 0 spiro atoms. The molecule has 2 heteroatoms. The Kier molecular flexibility index (Phi) is 6.45. The fourth-order valence-electron chi connectivity index (χ4n) is 0.121. The summed E-state index contributed by atoms with van der Waals surface area (Å²) >= 11 is 4.01. The first-order valence-corrected chi connectivity index (χ1v) is 3.69. The van der Waals surface area contributed by atoms with Gasteiger partial charge in [-0.3, -0.25) is 0 Å². The summed E-state index contributed by atoms with van der Waals surface area (Å²) in [6.45, 7) is 0. The largest absolute Gasteiger partial charge is 0.210 e. The maximum Gasteiger partial charge on any atom is 0.210 e. The van der Waals surface area contributed by atoms with Gasteiger partial charge in [0.1, 0.15) is 0 Å². The molecule has 0 aliphatic heterocycles. The van der Waals surface area contributed by atoms with Gasteiger partial charge in [0.15, 0.2) is 0 Å². The Bertz CT molecular complexity index is 55.9. The van der Waals surface area contributed by atoms with Crippen molar-refractivity contribution in [3.8, 4) is 0 Å². The molecule has 0 aliphatic rings. The predicted molar refractivity (Wildman–Crippen MR) is 39.4 cm³/mol. The lowest BCUT2D eigenvalue weighted by Gasteiger charge is -1.61. The first-order valence-electron chi connectivity index (χ1n) is 1.63. The molecule has 0 amide bonds. The second-order valence-electron chi connectivity index (χ2n) is 0.747. The van der Waals surface area contributed by atoms with Crippen molar-refractivity contribution >= 4 is 38.9 Å². The van der Waals surface area contributed by atoms with Gasteiger partial charge >= 0.3 is 0 Å². The smallest absolute Gasteiger partial charge is 0.162 e. The van der Waals surface area contributed by atoms with Gasteiger partial charge in [-0.25, -0.2) is 0 Å². The molecule has 0 aromatic heterocycles. The quantitative estimate of drug-likeness (QED) is 0.346. The lowest BCUT2D eigenvalue weighted by atomic mass is 10.6. The Morgan fingerprint density at radius 3 is 2.17 bits per heavy atom. The lowest BCUT2D eigenvalue weighted by molar-refractivity contribution is 2.10. The van der Waals surface area contributed by atoms with Crippen LogP contribution >= 0.6 is 22.6 Å². The van der Waals surface area contributed by atoms with Crippen molar-refractivity contribution in [3.05, 3.63) is 21.2 Å². The molecule has 0 aromatic rings. The average Bonchev–Trinajstić information content (AvgIpc) is 1.61. The fourth-order valence-corrected chi connectivity index (χ4v) is 0.517. The van der Waals surface area contributed by atoms with Gasteiger partial charge in [-0.1, -0.05) is 34.7 Å². The third-order valence-corrected chi connectivity index (χ3v) is 1.01. The van der Waals surface area contributed by atoms with E-state index in [9.17, 15) is 0 Å². The van der Waals surface area contributed by atoms with Crippen molar-refractivity contribution in [1.29, 1.82) is 0 Å². The molecule has 0 saturated heterocycles. The molecule has 0 saturated carbocycles. The summed E-state index contributed by atoms with van der Waals surface area (Å²) < 4.78 is 1.97. The molecule has 31 valence electrons. The SMILES string of the molecule is [AlH][CH]=CC=CI. The molecule has 0 aromatic carbocycles. The number of halogens is 1. The zero-order valence-corrected chi connectivity index (χ0v) is 6.97. The molecular weight excluding hydrogens is 202 g/mol. The number of rotatable bonds is 1. The summed E-state index contributed by atoms with van der Waals surface area (Å²) in [7, 11) is 0. The van der Waals surface area contributed by atoms with Crippen LogP contribution in [0, 0.1) is 0 Å². The molecule has 0 rings (SSSR count). The molecule has 0 aliphatic carbocycles. The van der Waals surface area contributed by atoms with E-state index in [-0.39, 0.29) is 0 Å². The van der Waals surface area contributed by atoms with Crippen LogP contribution in [0.15, 0.2) is 21.2 Å². The highest BCUT2D eigenvalue weighted by Crippen LogP contribution is 1.82. The second kappa shape index (κ2) is 5.74. The molecule has 1 radical (unpaired) electrons. The lowest BCUT2D eigenvalue weighted by Crippen LogP contribution is -1.45. The molecule has 0 atom stereocenters. The van der Waals surface area contributed by atoms with E-state index in [1.54, 1.807) is 0 Å². The molecule has 6 heavy (non-hydrogen) atoms. The van der Waals surface area contributed by atoms with Crippen LogP contribution in [0.25, 0.3) is 0 Å². The van der Waals surface area contributed by atoms with E-state index in [0.717, 1.165) is 0 Å². The minimum absolute atomic E-state index is 1.83. The van der Waals surface area contributed by atoms with E-state index < -0.39 is 0 Å². The van der Waals surface area contributed by atoms with Gasteiger partial charge < -0.3 is 0 Å². The Morgan fingerprint density at radius 2 is 2.00 bits per heavy atom. The zero-order valence-electron chi connectivity index (χ0n) is 3.39. The second-order valence-corrected chi connectivity index (χ2v) is 1.94. The summed E-state index contributed by atoms with van der Waals surface area (Å²) in [5.41, 5.74) is 0. The van der Waals surface area contributed by atoms with Crippen molar-refractivity contribution < 1.29 is 0 Å². The number of allylic oxidation sites excluding steroid dienone is 2. The molecule has 0 unspecified atom stereocenters. The first-order chi connectivity index (χ1) is 2.91. The Balaban J connectivity index is 3.07. The van der Waals surface area contributed by atoms with Crippen molar-refractivity contribution in [2.24, 2.45) is 0 Å². The van der Waals surface area contributed by atoms with Crippen LogP contribution in [0.4, 0.5) is 0 Å². The van der Waals surface area contributed by atoms with Crippen LogP contribution in [-0.2, 0) is 0 Å². The summed E-state index contributed by atoms with van der Waals surface area (Å²) in [5.74, 6) is 0. The third-order valence-electron chi connectivity index (χ3n) is 0.320. The summed E-state index contributed by atoms with van der Waals surface area (Å²) in [4.78, 5) is 2.02. The van der Waals surface area contributed by atoms with E-state index in [1.165, 1.54) is 0 Å². The Labute approximate surface area is 59.9 Å². The Hall–Kier alpha value is 0.742. The predicted octanol–water partition coefficient (Wildman–Crippen LogP) is 1.35. The highest BCUT2D eigenvalue weighted by Gasteiger charge is 1.50. The summed E-state index contributed by atoms with van der Waals surface area (Å²) in [5, 5.41) is 0. The standard InChI is InChI=1S/C4H4I.Al.H/c1-2-3-4-5;;/h1-4H;;. The molecule has 0 nitrogen and oxygen atoms in total. The number of hydrogen-bond acceptors (Lipinski definition) is 0. The third kappa shape index (κ3) is 4.74. The zero-order chi connectivity index (χ0) is 4.83. The van der Waals surface area contributed by atoms with E-state index >= 15 is 0 Å². The summed E-state index contributed by atoms with van der Waals surface area (Å²) in [6.07, 6.45) is 4.00. The van der Waals surface area contributed by atoms with Crippen LogP contribution < -0.4 is 0 Å². The molecule has 0 heterocycles. The van der Waals surface area contributed by atoms with Crippen LogP contribution in [-0.4, -0.2) is 16.3 Å². The van der Waals surface area contributed by atoms with Gasteiger partial charge in [0.25, 0.3) is 0 Å². The highest BCUT2D eigenvalue weighted by atomic mass is 127. The van der Waals surface area contributed by atoms with Gasteiger partial charge in [-0.2, -0.15) is 4.94 Å². The van der Waals surface area contributed by atoms with Gasteiger partial charge in [-0.15, -0.1) is 0 Å². The van der Waals surface area contributed by atoms with Crippen LogP contribution in [0.3, 0.4) is 0 Å². The van der Waals surface area contributed by atoms with Gasteiger partial charge in [0.2, 0.25) is 16.3 Å². The van der Waals surface area contributed by atoms with Crippen molar-refractivity contribution in [1.82, 2.24) is 0 Å². The maximum absolute atomic E-state index is 2.18. The first kappa shape index (κ1) is 6.74. The monoisotopic (exact) mass is 207 g/mol. The highest BCUT2D eigenvalue weighted by molar-refractivity contribution is 14.1. The van der Waals surface area contributed by atoms with Gasteiger partial charge in [0.05, 0.1) is 0 Å². The minimum atomic E-state index is 1.83. The van der Waals surface area contributed by atoms with Crippen LogP contribution in [0.2, 0.25) is 0 Å². The molecular formula is C4H5AlI. The molecule has 0 fully saturated rings. The Morgan fingerprint density at radius 1 is 1.33 bits per heavy atom. The van der Waals surface area contributed by atoms with E-state index in [0.29, 0.717) is 0 Å². The van der Waals surface area contributed by atoms with Crippen LogP contribution in [0.1, 0.15) is 0 Å². The maximum atomic E-state index is 2.18. The van der Waals surface area contributed by atoms with Crippen molar-refractivity contribution in [2.45, 2.75) is 0 Å². The number of hydrogen-bond donors (Lipinski definition) is 0. The minimum Gasteiger partial charge on any atom is -0.162 e. The summed E-state index contributed by atoms with van der Waals surface area (Å²) in [6, 6.07) is 0. The van der Waals surface area contributed by atoms with E-state index in [1.807, 2.05) is 37.5 Å². The topological polar surface area (TPSA) is 0 Å². The van der Waals surface area contributed by atoms with Crippen molar-refractivity contribution in [2.75, 3.05) is 0 Å². The van der Waals surface area contributed by atoms with E-state index in [2.05, 4.69) is 22.6 Å².